The first kappa shape index (κ1) is 13.5. The highest BCUT2D eigenvalue weighted by atomic mass is 35.5. The highest BCUT2D eigenvalue weighted by Crippen LogP contribution is 2.25. The second-order valence-electron chi connectivity index (χ2n) is 4.03. The molecule has 0 saturated carbocycles. The highest BCUT2D eigenvalue weighted by Gasteiger charge is 2.06. The van der Waals surface area contributed by atoms with Gasteiger partial charge in [0, 0.05) is 5.02 Å². The van der Waals surface area contributed by atoms with Crippen LogP contribution in [0.1, 0.15) is 11.5 Å². The molecule has 1 N–H and O–H groups in total. The van der Waals surface area contributed by atoms with Crippen LogP contribution in [0.4, 0.5) is 0 Å². The molecule has 0 heterocycles. The molecule has 0 aliphatic carbocycles. The number of benzene rings is 2. The third-order valence-corrected chi connectivity index (χ3v) is 2.97. The summed E-state index contributed by atoms with van der Waals surface area (Å²) in [4.78, 5) is 0. The summed E-state index contributed by atoms with van der Waals surface area (Å²) in [6, 6.07) is 14.5. The van der Waals surface area contributed by atoms with Crippen LogP contribution >= 0.6 is 11.6 Å². The summed E-state index contributed by atoms with van der Waals surface area (Å²) in [5.41, 5.74) is 0.897. The van der Waals surface area contributed by atoms with Gasteiger partial charge in [0.2, 0.25) is 0 Å². The van der Waals surface area contributed by atoms with Crippen molar-refractivity contribution in [1.29, 1.82) is 0 Å². The molecule has 0 aromatic heterocycles. The van der Waals surface area contributed by atoms with Crippen LogP contribution in [0.5, 0.6) is 11.5 Å². The second kappa shape index (κ2) is 6.29. The van der Waals surface area contributed by atoms with Crippen molar-refractivity contribution in [2.45, 2.75) is 5.92 Å². The molecule has 2 nitrogen and oxygen atoms in total. The number of aliphatic hydroxyl groups is 1. The molecule has 1 unspecified atom stereocenters. The SMILES string of the molecule is C#CC(CO)c1ccc(Oc2ccc(Cl)cc2)cc1. The van der Waals surface area contributed by atoms with Crippen molar-refractivity contribution in [3.63, 3.8) is 0 Å². The minimum atomic E-state index is -0.274. The van der Waals surface area contributed by atoms with Crippen molar-refractivity contribution in [3.8, 4) is 23.8 Å². The summed E-state index contributed by atoms with van der Waals surface area (Å²) >= 11 is 5.80. The van der Waals surface area contributed by atoms with Gasteiger partial charge in [-0.1, -0.05) is 29.7 Å². The number of hydrogen-bond acceptors (Lipinski definition) is 2. The monoisotopic (exact) mass is 272 g/mol. The van der Waals surface area contributed by atoms with E-state index in [9.17, 15) is 0 Å². The first-order valence-electron chi connectivity index (χ1n) is 5.83. The fraction of sp³-hybridized carbons (Fsp3) is 0.125. The maximum Gasteiger partial charge on any atom is 0.127 e. The number of halogens is 1. The molecule has 96 valence electrons. The molecule has 2 rings (SSSR count). The van der Waals surface area contributed by atoms with Crippen molar-refractivity contribution in [2.24, 2.45) is 0 Å². The van der Waals surface area contributed by atoms with E-state index in [1.54, 1.807) is 24.3 Å². The Hall–Kier alpha value is -1.95. The molecule has 0 aliphatic heterocycles. The highest BCUT2D eigenvalue weighted by molar-refractivity contribution is 6.30. The normalized spacial score (nSPS) is 11.6. The van der Waals surface area contributed by atoms with Gasteiger partial charge in [-0.3, -0.25) is 0 Å². The van der Waals surface area contributed by atoms with Gasteiger partial charge >= 0.3 is 0 Å². The fourth-order valence-electron chi connectivity index (χ4n) is 1.66. The molecule has 0 amide bonds. The zero-order chi connectivity index (χ0) is 13.7. The lowest BCUT2D eigenvalue weighted by Gasteiger charge is -2.09. The van der Waals surface area contributed by atoms with Crippen molar-refractivity contribution in [1.82, 2.24) is 0 Å². The van der Waals surface area contributed by atoms with E-state index in [4.69, 9.17) is 27.9 Å². The van der Waals surface area contributed by atoms with Crippen molar-refractivity contribution < 1.29 is 9.84 Å². The number of hydrogen-bond donors (Lipinski definition) is 1. The molecule has 0 aliphatic rings. The average Bonchev–Trinajstić information content (AvgIpc) is 2.44. The Balaban J connectivity index is 2.11. The minimum absolute atomic E-state index is 0.0616. The summed E-state index contributed by atoms with van der Waals surface area (Å²) in [6.07, 6.45) is 5.34. The smallest absolute Gasteiger partial charge is 0.127 e. The van der Waals surface area contributed by atoms with Crippen LogP contribution in [0.15, 0.2) is 48.5 Å². The Morgan fingerprint density at radius 1 is 1.05 bits per heavy atom. The minimum Gasteiger partial charge on any atom is -0.457 e. The molecule has 2 aromatic carbocycles. The van der Waals surface area contributed by atoms with Crippen LogP contribution in [0.25, 0.3) is 0 Å². The predicted molar refractivity (Wildman–Crippen MR) is 76.6 cm³/mol. The van der Waals surface area contributed by atoms with Gasteiger partial charge in [0.05, 0.1) is 12.5 Å². The van der Waals surface area contributed by atoms with Crippen LogP contribution < -0.4 is 4.74 Å². The maximum atomic E-state index is 9.12. The zero-order valence-corrected chi connectivity index (χ0v) is 11.0. The summed E-state index contributed by atoms with van der Waals surface area (Å²) in [7, 11) is 0. The standard InChI is InChI=1S/C16H13ClO2/c1-2-12(11-18)13-3-7-15(8-4-13)19-16-9-5-14(17)6-10-16/h1,3-10,12,18H,11H2. The van der Waals surface area contributed by atoms with E-state index in [1.807, 2.05) is 24.3 Å². The Morgan fingerprint density at radius 3 is 2.05 bits per heavy atom. The molecule has 0 fully saturated rings. The number of ether oxygens (including phenoxy) is 1. The van der Waals surface area contributed by atoms with Crippen LogP contribution in [0.3, 0.4) is 0 Å². The number of terminal acetylenes is 1. The van der Waals surface area contributed by atoms with Gasteiger partial charge in [0.1, 0.15) is 11.5 Å². The Bertz CT molecular complexity index is 567. The third kappa shape index (κ3) is 3.51. The van der Waals surface area contributed by atoms with Gasteiger partial charge in [-0.15, -0.1) is 6.42 Å². The van der Waals surface area contributed by atoms with Gasteiger partial charge < -0.3 is 9.84 Å². The predicted octanol–water partition coefficient (Wildman–Crippen LogP) is 3.84. The van der Waals surface area contributed by atoms with E-state index in [-0.39, 0.29) is 12.5 Å². The number of aliphatic hydroxyl groups excluding tert-OH is 1. The van der Waals surface area contributed by atoms with Crippen molar-refractivity contribution in [2.75, 3.05) is 6.61 Å². The van der Waals surface area contributed by atoms with Crippen molar-refractivity contribution in [3.05, 3.63) is 59.1 Å². The van der Waals surface area contributed by atoms with Crippen LogP contribution in [0, 0.1) is 12.3 Å². The summed E-state index contributed by atoms with van der Waals surface area (Å²) < 4.78 is 5.66. The van der Waals surface area contributed by atoms with Gasteiger partial charge in [0.15, 0.2) is 0 Å². The topological polar surface area (TPSA) is 29.5 Å². The molecule has 0 spiro atoms. The third-order valence-electron chi connectivity index (χ3n) is 2.72. The summed E-state index contributed by atoms with van der Waals surface area (Å²) in [5, 5.41) is 9.79. The van der Waals surface area contributed by atoms with E-state index in [1.165, 1.54) is 0 Å². The summed E-state index contributed by atoms with van der Waals surface area (Å²) in [5.74, 6) is 3.69. The van der Waals surface area contributed by atoms with E-state index < -0.39 is 0 Å². The Kier molecular flexibility index (Phi) is 4.46. The molecular weight excluding hydrogens is 260 g/mol. The van der Waals surface area contributed by atoms with Gasteiger partial charge in [-0.2, -0.15) is 0 Å². The lowest BCUT2D eigenvalue weighted by atomic mass is 10.0. The van der Waals surface area contributed by atoms with Crippen LogP contribution in [0.2, 0.25) is 5.02 Å². The van der Waals surface area contributed by atoms with E-state index in [2.05, 4.69) is 5.92 Å². The molecule has 0 saturated heterocycles. The lowest BCUT2D eigenvalue weighted by Crippen LogP contribution is -2.00. The van der Waals surface area contributed by atoms with E-state index in [0.717, 1.165) is 5.56 Å². The lowest BCUT2D eigenvalue weighted by molar-refractivity contribution is 0.286. The maximum absolute atomic E-state index is 9.12. The Morgan fingerprint density at radius 2 is 1.58 bits per heavy atom. The van der Waals surface area contributed by atoms with Crippen LogP contribution in [-0.4, -0.2) is 11.7 Å². The summed E-state index contributed by atoms with van der Waals surface area (Å²) in [6.45, 7) is -0.0616. The second-order valence-corrected chi connectivity index (χ2v) is 4.46. The molecule has 1 atom stereocenters. The first-order valence-corrected chi connectivity index (χ1v) is 6.21. The quantitative estimate of drug-likeness (QED) is 0.857. The van der Waals surface area contributed by atoms with Crippen molar-refractivity contribution >= 4 is 11.6 Å². The zero-order valence-electron chi connectivity index (χ0n) is 10.2. The number of rotatable bonds is 4. The molecule has 0 bridgehead atoms. The van der Waals surface area contributed by atoms with Gasteiger partial charge in [-0.25, -0.2) is 0 Å². The van der Waals surface area contributed by atoms with E-state index >= 15 is 0 Å². The van der Waals surface area contributed by atoms with Gasteiger partial charge in [0.25, 0.3) is 0 Å². The first-order chi connectivity index (χ1) is 9.22. The molecule has 0 radical (unpaired) electrons. The van der Waals surface area contributed by atoms with E-state index in [0.29, 0.717) is 16.5 Å². The van der Waals surface area contributed by atoms with Gasteiger partial charge in [-0.05, 0) is 42.0 Å². The molecule has 3 heteroatoms. The Labute approximate surface area is 117 Å². The molecule has 19 heavy (non-hydrogen) atoms. The molecular formula is C16H13ClO2. The average molecular weight is 273 g/mol. The fourth-order valence-corrected chi connectivity index (χ4v) is 1.79. The molecule has 2 aromatic rings. The largest absolute Gasteiger partial charge is 0.457 e. The van der Waals surface area contributed by atoms with Crippen LogP contribution in [-0.2, 0) is 0 Å².